The molecule has 4 saturated heterocycles. The number of ketones is 1. The first kappa shape index (κ1) is 23.3. The zero-order chi connectivity index (χ0) is 21.9. The molecule has 0 N–H and O–H groups in total. The van der Waals surface area contributed by atoms with E-state index in [-0.39, 0.29) is 25.3 Å². The zero-order valence-electron chi connectivity index (χ0n) is 17.9. The van der Waals surface area contributed by atoms with Crippen LogP contribution in [0, 0.1) is 5.41 Å². The van der Waals surface area contributed by atoms with Crippen LogP contribution in [0.2, 0.25) is 0 Å². The van der Waals surface area contributed by atoms with Crippen LogP contribution in [0.4, 0.5) is 0 Å². The molecule has 10 nitrogen and oxygen atoms in total. The van der Waals surface area contributed by atoms with Gasteiger partial charge in [-0.1, -0.05) is 0 Å². The molecular formula is C19H30GaN3O7. The third-order valence-electron chi connectivity index (χ3n) is 5.71. The van der Waals surface area contributed by atoms with Crippen LogP contribution in [0.3, 0.4) is 0 Å². The van der Waals surface area contributed by atoms with E-state index >= 15 is 0 Å². The number of fused-ring (bicyclic) bond motifs is 9. The first-order chi connectivity index (χ1) is 14.1. The molecule has 4 heterocycles. The van der Waals surface area contributed by atoms with Crippen molar-refractivity contribution in [1.29, 1.82) is 0 Å². The van der Waals surface area contributed by atoms with Crippen molar-refractivity contribution in [1.82, 2.24) is 14.7 Å². The van der Waals surface area contributed by atoms with E-state index in [2.05, 4.69) is 0 Å². The fourth-order valence-corrected chi connectivity index (χ4v) is 6.02. The Hall–Kier alpha value is -1.40. The van der Waals surface area contributed by atoms with Gasteiger partial charge < -0.3 is 0 Å². The molecule has 4 aliphatic heterocycles. The zero-order valence-corrected chi connectivity index (χ0v) is 20.3. The summed E-state index contributed by atoms with van der Waals surface area (Å²) in [5.74, 6) is -1.59. The quantitative estimate of drug-likeness (QED) is 0.481. The summed E-state index contributed by atoms with van der Waals surface area (Å²) in [6.07, 6.45) is 0.552. The van der Waals surface area contributed by atoms with Crippen molar-refractivity contribution < 1.29 is 29.8 Å². The Morgan fingerprint density at radius 1 is 0.900 bits per heavy atom. The Labute approximate surface area is 183 Å². The van der Waals surface area contributed by atoms with Crippen LogP contribution in [-0.4, -0.2) is 114 Å². The Morgan fingerprint density at radius 3 is 1.90 bits per heavy atom. The molecule has 0 amide bonds. The van der Waals surface area contributed by atoms with Gasteiger partial charge >= 0.3 is 183 Å². The molecule has 0 radical (unpaired) electrons. The monoisotopic (exact) mass is 481 g/mol. The second-order valence-corrected chi connectivity index (χ2v) is 11.7. The van der Waals surface area contributed by atoms with Gasteiger partial charge in [0.15, 0.2) is 0 Å². The predicted molar refractivity (Wildman–Crippen MR) is 106 cm³/mol. The fraction of sp³-hybridized carbons (Fsp3) is 0.789. The molecule has 4 rings (SSSR count). The standard InChI is InChI=1S/C19H33N3O7.Ga/c1-19(2,3)15(23)5-4-14(18(28)29)22-10-8-20(12-16(24)25)6-7-21(9-11-22)13-17(26)27;/h14H,4-13H2,1-3H3,(H,24,25)(H,26,27)(H,28,29);/q;+3/p-3/t14-;/m1./s1. The van der Waals surface area contributed by atoms with E-state index in [0.29, 0.717) is 45.7 Å². The van der Waals surface area contributed by atoms with Crippen LogP contribution in [-0.2, 0) is 29.8 Å². The summed E-state index contributed by atoms with van der Waals surface area (Å²) >= 11 is -3.90. The van der Waals surface area contributed by atoms with E-state index in [1.807, 2.05) is 35.5 Å². The maximum atomic E-state index is 13.1. The predicted octanol–water partition coefficient (Wildman–Crippen LogP) is -0.688. The summed E-state index contributed by atoms with van der Waals surface area (Å²) in [4.78, 5) is 56.1. The van der Waals surface area contributed by atoms with E-state index in [4.69, 9.17) is 10.6 Å². The van der Waals surface area contributed by atoms with Crippen molar-refractivity contribution >= 4 is 41.0 Å². The molecule has 166 valence electrons. The third-order valence-corrected chi connectivity index (χ3v) is 8.51. The molecule has 4 bridgehead atoms. The molecule has 11 heteroatoms. The molecule has 0 aromatic rings. The maximum absolute atomic E-state index is 13.1. The second kappa shape index (κ2) is 9.82. The number of hydrogen-bond donors (Lipinski definition) is 0. The minimum atomic E-state index is -3.90. The Morgan fingerprint density at radius 2 is 1.40 bits per heavy atom. The van der Waals surface area contributed by atoms with Crippen LogP contribution < -0.4 is 0 Å². The van der Waals surface area contributed by atoms with Crippen LogP contribution in [0.15, 0.2) is 0 Å². The summed E-state index contributed by atoms with van der Waals surface area (Å²) in [7, 11) is 0. The summed E-state index contributed by atoms with van der Waals surface area (Å²) in [6.45, 7) is 9.16. The molecule has 0 aromatic heterocycles. The van der Waals surface area contributed by atoms with Crippen molar-refractivity contribution in [2.45, 2.75) is 39.7 Å². The molecule has 0 spiro atoms. The first-order valence-electron chi connectivity index (χ1n) is 10.4. The van der Waals surface area contributed by atoms with Gasteiger partial charge in [0, 0.05) is 0 Å². The van der Waals surface area contributed by atoms with Gasteiger partial charge in [-0.15, -0.1) is 0 Å². The molecule has 0 saturated carbocycles. The van der Waals surface area contributed by atoms with Crippen LogP contribution >= 0.6 is 0 Å². The SMILES string of the molecule is CC(C)(C)C(=O)CC[C@@H]1C(=O)[O][Ga]2[O]C(=O)CN3CCN(CCN1CC3)CC(=O)[O]2. The van der Waals surface area contributed by atoms with E-state index in [0.717, 1.165) is 0 Å². The molecule has 2 unspecified atom stereocenters. The molecule has 4 fully saturated rings. The van der Waals surface area contributed by atoms with Gasteiger partial charge in [-0.05, 0) is 0 Å². The first-order valence-corrected chi connectivity index (χ1v) is 13.4. The van der Waals surface area contributed by atoms with Gasteiger partial charge in [-0.2, -0.15) is 0 Å². The Balaban J connectivity index is 1.91. The normalized spacial score (nSPS) is 30.8. The molecule has 4 aliphatic rings. The van der Waals surface area contributed by atoms with Crippen LogP contribution in [0.1, 0.15) is 33.6 Å². The van der Waals surface area contributed by atoms with Crippen molar-refractivity contribution in [3.63, 3.8) is 0 Å². The van der Waals surface area contributed by atoms with Crippen molar-refractivity contribution in [3.05, 3.63) is 0 Å². The average Bonchev–Trinajstić information content (AvgIpc) is 2.68. The molecule has 0 aliphatic carbocycles. The summed E-state index contributed by atoms with van der Waals surface area (Å²) in [5.41, 5.74) is -0.493. The third kappa shape index (κ3) is 6.30. The van der Waals surface area contributed by atoms with E-state index < -0.39 is 46.7 Å². The van der Waals surface area contributed by atoms with Crippen LogP contribution in [0.25, 0.3) is 0 Å². The number of hydrogen-bond acceptors (Lipinski definition) is 10. The number of Topliss-reactive ketones (excluding diaryl/α,β-unsaturated/α-hetero) is 1. The van der Waals surface area contributed by atoms with Crippen molar-refractivity contribution in [3.8, 4) is 0 Å². The molecular weight excluding hydrogens is 452 g/mol. The van der Waals surface area contributed by atoms with Crippen LogP contribution in [0.5, 0.6) is 0 Å². The number of rotatable bonds is 3. The minimum absolute atomic E-state index is 0.0612. The van der Waals surface area contributed by atoms with Gasteiger partial charge in [-0.25, -0.2) is 0 Å². The average molecular weight is 482 g/mol. The Bertz CT molecular complexity index is 664. The van der Waals surface area contributed by atoms with Crippen molar-refractivity contribution in [2.75, 3.05) is 52.4 Å². The van der Waals surface area contributed by atoms with E-state index in [9.17, 15) is 19.2 Å². The van der Waals surface area contributed by atoms with Gasteiger partial charge in [0.1, 0.15) is 0 Å². The Kier molecular flexibility index (Phi) is 7.61. The number of carbonyl (C=O) groups is 4. The number of nitrogens with zero attached hydrogens (tertiary/aromatic N) is 3. The van der Waals surface area contributed by atoms with E-state index in [1.165, 1.54) is 0 Å². The van der Waals surface area contributed by atoms with Crippen molar-refractivity contribution in [2.24, 2.45) is 5.41 Å². The fourth-order valence-electron chi connectivity index (χ4n) is 3.78. The van der Waals surface area contributed by atoms with Gasteiger partial charge in [0.05, 0.1) is 0 Å². The molecule has 0 aromatic carbocycles. The number of carbonyl (C=O) groups excluding carboxylic acids is 4. The summed E-state index contributed by atoms with van der Waals surface area (Å²) in [5, 5.41) is 0. The molecule has 30 heavy (non-hydrogen) atoms. The summed E-state index contributed by atoms with van der Waals surface area (Å²) in [6, 6.07) is -0.653. The van der Waals surface area contributed by atoms with Gasteiger partial charge in [0.2, 0.25) is 0 Å². The van der Waals surface area contributed by atoms with Gasteiger partial charge in [0.25, 0.3) is 0 Å². The van der Waals surface area contributed by atoms with Gasteiger partial charge in [-0.3, -0.25) is 0 Å². The van der Waals surface area contributed by atoms with E-state index in [1.54, 1.807) is 0 Å². The topological polar surface area (TPSA) is 106 Å². The molecule has 3 atom stereocenters. The summed E-state index contributed by atoms with van der Waals surface area (Å²) < 4.78 is 16.1. The second-order valence-electron chi connectivity index (χ2n) is 9.02.